The van der Waals surface area contributed by atoms with Crippen LogP contribution in [0.1, 0.15) is 68.7 Å². The van der Waals surface area contributed by atoms with Gasteiger partial charge in [0.05, 0.1) is 12.6 Å². The van der Waals surface area contributed by atoms with E-state index in [0.717, 1.165) is 36.2 Å². The molecule has 0 saturated carbocycles. The van der Waals surface area contributed by atoms with E-state index in [1.165, 1.54) is 0 Å². The van der Waals surface area contributed by atoms with Crippen LogP contribution in [0.4, 0.5) is 5.82 Å². The Bertz CT molecular complexity index is 965. The van der Waals surface area contributed by atoms with E-state index in [9.17, 15) is 9.59 Å². The molecule has 1 fully saturated rings. The second-order valence-corrected chi connectivity index (χ2v) is 9.34. The summed E-state index contributed by atoms with van der Waals surface area (Å²) in [6.07, 6.45) is 2.94. The molecular formula is C24H30N4O2. The van der Waals surface area contributed by atoms with Crippen LogP contribution in [-0.2, 0) is 22.6 Å². The molecule has 2 aromatic rings. The van der Waals surface area contributed by atoms with Crippen molar-refractivity contribution in [3.63, 3.8) is 0 Å². The van der Waals surface area contributed by atoms with Gasteiger partial charge in [0.15, 0.2) is 5.82 Å². The van der Waals surface area contributed by atoms with Gasteiger partial charge in [-0.2, -0.15) is 0 Å². The molecule has 1 saturated heterocycles. The van der Waals surface area contributed by atoms with E-state index in [4.69, 9.17) is 9.97 Å². The predicted molar refractivity (Wildman–Crippen MR) is 116 cm³/mol. The lowest BCUT2D eigenvalue weighted by Crippen LogP contribution is -2.40. The maximum absolute atomic E-state index is 13.0. The molecule has 3 heterocycles. The van der Waals surface area contributed by atoms with Crippen molar-refractivity contribution in [3.8, 4) is 0 Å². The van der Waals surface area contributed by atoms with Crippen LogP contribution in [-0.4, -0.2) is 33.2 Å². The molecule has 6 nitrogen and oxygen atoms in total. The van der Waals surface area contributed by atoms with E-state index >= 15 is 0 Å². The Morgan fingerprint density at radius 1 is 1.13 bits per heavy atom. The molecule has 158 valence electrons. The van der Waals surface area contributed by atoms with E-state index in [1.54, 1.807) is 4.90 Å². The van der Waals surface area contributed by atoms with E-state index in [-0.39, 0.29) is 17.9 Å². The number of carbonyl (C=O) groups excluding carboxylic acids is 2. The maximum Gasteiger partial charge on any atom is 0.228 e. The normalized spacial score (nSPS) is 19.2. The van der Waals surface area contributed by atoms with E-state index in [1.807, 2.05) is 62.9 Å². The first-order chi connectivity index (χ1) is 14.3. The minimum atomic E-state index is -0.443. The van der Waals surface area contributed by atoms with E-state index in [0.29, 0.717) is 31.0 Å². The number of benzene rings is 1. The molecular weight excluding hydrogens is 376 g/mol. The highest BCUT2D eigenvalue weighted by molar-refractivity contribution is 5.95. The van der Waals surface area contributed by atoms with Gasteiger partial charge in [0.2, 0.25) is 11.8 Å². The van der Waals surface area contributed by atoms with Gasteiger partial charge in [-0.3, -0.25) is 14.5 Å². The highest BCUT2D eigenvalue weighted by atomic mass is 16.2. The lowest BCUT2D eigenvalue weighted by Gasteiger charge is -2.33. The third-order valence-corrected chi connectivity index (χ3v) is 5.99. The summed E-state index contributed by atoms with van der Waals surface area (Å²) in [6, 6.07) is 9.86. The summed E-state index contributed by atoms with van der Waals surface area (Å²) in [5.41, 5.74) is 2.58. The fourth-order valence-corrected chi connectivity index (χ4v) is 4.39. The summed E-state index contributed by atoms with van der Waals surface area (Å²) in [4.78, 5) is 39.2. The molecule has 0 spiro atoms. The Balaban J connectivity index is 1.71. The smallest absolute Gasteiger partial charge is 0.228 e. The molecule has 4 rings (SSSR count). The molecule has 0 bridgehead atoms. The molecule has 0 radical (unpaired) electrons. The van der Waals surface area contributed by atoms with Crippen LogP contribution < -0.4 is 4.90 Å². The van der Waals surface area contributed by atoms with Crippen molar-refractivity contribution >= 4 is 17.6 Å². The number of hydrogen-bond acceptors (Lipinski definition) is 4. The zero-order valence-corrected chi connectivity index (χ0v) is 18.3. The third kappa shape index (κ3) is 3.83. The molecule has 0 aliphatic carbocycles. The number of amides is 2. The van der Waals surface area contributed by atoms with Crippen LogP contribution in [0.2, 0.25) is 0 Å². The summed E-state index contributed by atoms with van der Waals surface area (Å²) in [5, 5.41) is 0. The highest BCUT2D eigenvalue weighted by Crippen LogP contribution is 2.37. The van der Waals surface area contributed by atoms with Gasteiger partial charge < -0.3 is 4.90 Å². The summed E-state index contributed by atoms with van der Waals surface area (Å²) in [5.74, 6) is 1.59. The summed E-state index contributed by atoms with van der Waals surface area (Å²) >= 11 is 0. The molecule has 1 aromatic heterocycles. The molecule has 2 aliphatic rings. The average Bonchev–Trinajstić information content (AvgIpc) is 3.19. The minimum Gasteiger partial charge on any atom is -0.332 e. The Labute approximate surface area is 178 Å². The Kier molecular flexibility index (Phi) is 5.35. The zero-order valence-electron chi connectivity index (χ0n) is 18.3. The molecule has 6 heteroatoms. The number of hydrogen-bond donors (Lipinski definition) is 0. The average molecular weight is 407 g/mol. The number of rotatable bonds is 3. The van der Waals surface area contributed by atoms with Crippen LogP contribution >= 0.6 is 0 Å². The molecule has 0 unspecified atom stereocenters. The van der Waals surface area contributed by atoms with Crippen LogP contribution in [0, 0.1) is 12.3 Å². The van der Waals surface area contributed by atoms with E-state index < -0.39 is 5.41 Å². The zero-order chi connectivity index (χ0) is 21.5. The lowest BCUT2D eigenvalue weighted by atomic mass is 9.94. The summed E-state index contributed by atoms with van der Waals surface area (Å²) < 4.78 is 0. The monoisotopic (exact) mass is 406 g/mol. The number of aryl methyl sites for hydroxylation is 1. The topological polar surface area (TPSA) is 66.4 Å². The fraction of sp³-hybridized carbons (Fsp3) is 0.500. The van der Waals surface area contributed by atoms with Crippen LogP contribution in [0.25, 0.3) is 0 Å². The van der Waals surface area contributed by atoms with Crippen molar-refractivity contribution < 1.29 is 9.59 Å². The lowest BCUT2D eigenvalue weighted by molar-refractivity contribution is -0.140. The van der Waals surface area contributed by atoms with Crippen molar-refractivity contribution in [1.82, 2.24) is 14.9 Å². The minimum absolute atomic E-state index is 0.0875. The maximum atomic E-state index is 13.0. The van der Waals surface area contributed by atoms with Crippen molar-refractivity contribution in [2.24, 2.45) is 5.41 Å². The number of likely N-dealkylation sites (tertiary alicyclic amines) is 1. The van der Waals surface area contributed by atoms with Crippen molar-refractivity contribution in [2.75, 3.05) is 11.4 Å². The third-order valence-electron chi connectivity index (χ3n) is 5.99. The molecule has 1 aromatic carbocycles. The van der Waals surface area contributed by atoms with Gasteiger partial charge in [-0.25, -0.2) is 9.97 Å². The van der Waals surface area contributed by atoms with E-state index in [2.05, 4.69) is 0 Å². The summed E-state index contributed by atoms with van der Waals surface area (Å²) in [7, 11) is 0. The number of fused-ring (bicyclic) bond motifs is 1. The van der Waals surface area contributed by atoms with Crippen molar-refractivity contribution in [1.29, 1.82) is 0 Å². The largest absolute Gasteiger partial charge is 0.332 e. The highest BCUT2D eigenvalue weighted by Gasteiger charge is 2.38. The van der Waals surface area contributed by atoms with Crippen LogP contribution in [0.15, 0.2) is 30.3 Å². The first kappa shape index (κ1) is 20.5. The van der Waals surface area contributed by atoms with Gasteiger partial charge in [0, 0.05) is 29.6 Å². The first-order valence-electron chi connectivity index (χ1n) is 10.8. The molecule has 2 amide bonds. The quantitative estimate of drug-likeness (QED) is 0.773. The SMILES string of the molecule is Cc1nc([C@H]2CCCN2C(=O)C(C)(C)C)nc2c1CCC(=O)N2Cc1ccccc1. The number of anilines is 1. The number of carbonyl (C=O) groups is 2. The Morgan fingerprint density at radius 3 is 2.57 bits per heavy atom. The molecule has 2 aliphatic heterocycles. The van der Waals surface area contributed by atoms with Gasteiger partial charge in [-0.15, -0.1) is 0 Å². The number of aromatic nitrogens is 2. The van der Waals surface area contributed by atoms with Crippen molar-refractivity contribution in [2.45, 2.75) is 66.0 Å². The standard InChI is InChI=1S/C24H30N4O2/c1-16-18-12-13-20(29)28(15-17-9-6-5-7-10-17)22(18)26-21(25-16)19-11-8-14-27(19)23(30)24(2,3)4/h5-7,9-10,19H,8,11-15H2,1-4H3/t19-/m1/s1. The van der Waals surface area contributed by atoms with Crippen LogP contribution in [0.5, 0.6) is 0 Å². The van der Waals surface area contributed by atoms with Gasteiger partial charge in [0.1, 0.15) is 5.82 Å². The van der Waals surface area contributed by atoms with Gasteiger partial charge in [-0.05, 0) is 31.7 Å². The predicted octanol–water partition coefficient (Wildman–Crippen LogP) is 3.97. The van der Waals surface area contributed by atoms with Crippen molar-refractivity contribution in [3.05, 3.63) is 53.0 Å². The Morgan fingerprint density at radius 2 is 1.87 bits per heavy atom. The molecule has 30 heavy (non-hydrogen) atoms. The number of nitrogens with zero attached hydrogens (tertiary/aromatic N) is 4. The van der Waals surface area contributed by atoms with Gasteiger partial charge in [0.25, 0.3) is 0 Å². The Hall–Kier alpha value is -2.76. The fourth-order valence-electron chi connectivity index (χ4n) is 4.39. The second kappa shape index (κ2) is 7.82. The second-order valence-electron chi connectivity index (χ2n) is 9.34. The van der Waals surface area contributed by atoms with Gasteiger partial charge >= 0.3 is 0 Å². The van der Waals surface area contributed by atoms with Gasteiger partial charge in [-0.1, -0.05) is 51.1 Å². The molecule has 0 N–H and O–H groups in total. The molecule has 1 atom stereocenters. The van der Waals surface area contributed by atoms with Crippen LogP contribution in [0.3, 0.4) is 0 Å². The summed E-state index contributed by atoms with van der Waals surface area (Å²) in [6.45, 7) is 9.06. The first-order valence-corrected chi connectivity index (χ1v) is 10.8.